The third-order valence-corrected chi connectivity index (χ3v) is 3.17. The molecule has 1 aliphatic rings. The molecule has 1 aromatic heterocycles. The van der Waals surface area contributed by atoms with Gasteiger partial charge in [-0.3, -0.25) is 4.79 Å². The summed E-state index contributed by atoms with van der Waals surface area (Å²) in [7, 11) is 0. The van der Waals surface area contributed by atoms with Gasteiger partial charge in [-0.15, -0.1) is 0 Å². The monoisotopic (exact) mass is 252 g/mol. The van der Waals surface area contributed by atoms with Crippen molar-refractivity contribution in [1.29, 1.82) is 0 Å². The number of rotatable bonds is 4. The van der Waals surface area contributed by atoms with Crippen LogP contribution in [0.1, 0.15) is 38.0 Å². The Labute approximate surface area is 107 Å². The van der Waals surface area contributed by atoms with Crippen molar-refractivity contribution in [3.8, 4) is 0 Å². The Morgan fingerprint density at radius 3 is 3.17 bits per heavy atom. The first-order valence-corrected chi connectivity index (χ1v) is 6.63. The van der Waals surface area contributed by atoms with E-state index in [4.69, 9.17) is 4.52 Å². The van der Waals surface area contributed by atoms with Crippen molar-refractivity contribution in [1.82, 2.24) is 20.8 Å². The zero-order chi connectivity index (χ0) is 12.6. The molecule has 2 heterocycles. The Morgan fingerprint density at radius 2 is 2.33 bits per heavy atom. The lowest BCUT2D eigenvalue weighted by molar-refractivity contribution is -0.123. The Bertz CT molecular complexity index is 345. The van der Waals surface area contributed by atoms with E-state index in [1.54, 1.807) is 0 Å². The maximum Gasteiger partial charge on any atom is 0.237 e. The minimum absolute atomic E-state index is 0.0482. The van der Waals surface area contributed by atoms with Crippen molar-refractivity contribution in [2.45, 2.75) is 44.6 Å². The minimum Gasteiger partial charge on any atom is -0.354 e. The molecule has 2 N–H and O–H groups in total. The zero-order valence-electron chi connectivity index (χ0n) is 10.5. The van der Waals surface area contributed by atoms with Gasteiger partial charge >= 0.3 is 0 Å². The molecular weight excluding hydrogens is 232 g/mol. The van der Waals surface area contributed by atoms with Gasteiger partial charge in [0.2, 0.25) is 11.8 Å². The van der Waals surface area contributed by atoms with E-state index in [9.17, 15) is 4.79 Å². The molecule has 1 unspecified atom stereocenters. The fourth-order valence-electron chi connectivity index (χ4n) is 2.15. The van der Waals surface area contributed by atoms with E-state index in [1.165, 1.54) is 19.2 Å². The molecule has 6 nitrogen and oxygen atoms in total. The Hall–Kier alpha value is -1.43. The molecule has 6 heteroatoms. The van der Waals surface area contributed by atoms with Gasteiger partial charge in [-0.05, 0) is 19.4 Å². The minimum atomic E-state index is -0.0482. The Kier molecular flexibility index (Phi) is 5.14. The Morgan fingerprint density at radius 1 is 1.44 bits per heavy atom. The molecule has 1 amide bonds. The van der Waals surface area contributed by atoms with Crippen LogP contribution >= 0.6 is 0 Å². The first-order chi connectivity index (χ1) is 8.86. The van der Waals surface area contributed by atoms with Crippen molar-refractivity contribution in [3.63, 3.8) is 0 Å². The zero-order valence-corrected chi connectivity index (χ0v) is 10.5. The number of hydrogen-bond acceptors (Lipinski definition) is 5. The van der Waals surface area contributed by atoms with E-state index in [2.05, 4.69) is 20.8 Å². The predicted molar refractivity (Wildman–Crippen MR) is 65.9 cm³/mol. The van der Waals surface area contributed by atoms with Crippen LogP contribution in [0.4, 0.5) is 0 Å². The standard InChI is InChI=1S/C12H20N4O2/c17-12(10-5-3-1-2-4-7-13-10)14-8-6-11-15-9-16-18-11/h9-10,13H,1-8H2,(H,14,17). The predicted octanol–water partition coefficient (Wildman–Crippen LogP) is 0.651. The summed E-state index contributed by atoms with van der Waals surface area (Å²) in [5.74, 6) is 0.636. The van der Waals surface area contributed by atoms with E-state index in [0.717, 1.165) is 25.8 Å². The Balaban J connectivity index is 1.69. The second kappa shape index (κ2) is 7.10. The highest BCUT2D eigenvalue weighted by Gasteiger charge is 2.18. The topological polar surface area (TPSA) is 80.1 Å². The lowest BCUT2D eigenvalue weighted by atomic mass is 10.0. The van der Waals surface area contributed by atoms with E-state index >= 15 is 0 Å². The van der Waals surface area contributed by atoms with E-state index in [0.29, 0.717) is 18.9 Å². The highest BCUT2D eigenvalue weighted by molar-refractivity contribution is 5.81. The fourth-order valence-corrected chi connectivity index (χ4v) is 2.15. The van der Waals surface area contributed by atoms with Crippen LogP contribution in [0.3, 0.4) is 0 Å². The average Bonchev–Trinajstić information content (AvgIpc) is 2.81. The summed E-state index contributed by atoms with van der Waals surface area (Å²) in [5, 5.41) is 9.73. The second-order valence-corrected chi connectivity index (χ2v) is 4.59. The third kappa shape index (κ3) is 4.10. The normalized spacial score (nSPS) is 21.0. The molecule has 100 valence electrons. The summed E-state index contributed by atoms with van der Waals surface area (Å²) in [6, 6.07) is -0.0482. The average molecular weight is 252 g/mol. The van der Waals surface area contributed by atoms with Crippen molar-refractivity contribution < 1.29 is 9.32 Å². The van der Waals surface area contributed by atoms with Crippen molar-refractivity contribution >= 4 is 5.91 Å². The number of carbonyl (C=O) groups excluding carboxylic acids is 1. The molecule has 0 bridgehead atoms. The van der Waals surface area contributed by atoms with Crippen LogP contribution in [0.15, 0.2) is 10.9 Å². The van der Waals surface area contributed by atoms with Crippen LogP contribution < -0.4 is 10.6 Å². The lowest BCUT2D eigenvalue weighted by Crippen LogP contribution is -2.45. The molecule has 0 aliphatic carbocycles. The van der Waals surface area contributed by atoms with Gasteiger partial charge in [-0.1, -0.05) is 24.4 Å². The van der Waals surface area contributed by atoms with Crippen molar-refractivity contribution in [2.75, 3.05) is 13.1 Å². The number of nitrogens with zero attached hydrogens (tertiary/aromatic N) is 2. The number of aromatic nitrogens is 2. The summed E-state index contributed by atoms with van der Waals surface area (Å²) in [6.45, 7) is 1.47. The van der Waals surface area contributed by atoms with Crippen LogP contribution in [0, 0.1) is 0 Å². The number of amides is 1. The van der Waals surface area contributed by atoms with Crippen LogP contribution in [0.25, 0.3) is 0 Å². The molecule has 1 atom stereocenters. The summed E-state index contributed by atoms with van der Waals surface area (Å²) in [6.07, 6.45) is 7.64. The summed E-state index contributed by atoms with van der Waals surface area (Å²) < 4.78 is 4.87. The SMILES string of the molecule is O=C(NCCc1ncno1)C1CCCCCCN1. The summed E-state index contributed by atoms with van der Waals surface area (Å²) in [4.78, 5) is 15.9. The molecular formula is C12H20N4O2. The van der Waals surface area contributed by atoms with Gasteiger partial charge < -0.3 is 15.2 Å². The van der Waals surface area contributed by atoms with Gasteiger partial charge in [-0.25, -0.2) is 0 Å². The number of hydrogen-bond donors (Lipinski definition) is 2. The van der Waals surface area contributed by atoms with Crippen LogP contribution in [-0.2, 0) is 11.2 Å². The molecule has 1 fully saturated rings. The van der Waals surface area contributed by atoms with Gasteiger partial charge in [0.05, 0.1) is 6.04 Å². The molecule has 18 heavy (non-hydrogen) atoms. The van der Waals surface area contributed by atoms with Gasteiger partial charge in [0.1, 0.15) is 0 Å². The maximum absolute atomic E-state index is 12.0. The molecule has 0 aromatic carbocycles. The lowest BCUT2D eigenvalue weighted by Gasteiger charge is -2.20. The van der Waals surface area contributed by atoms with Crippen molar-refractivity contribution in [2.24, 2.45) is 0 Å². The van der Waals surface area contributed by atoms with Crippen LogP contribution in [0.2, 0.25) is 0 Å². The smallest absolute Gasteiger partial charge is 0.237 e. The highest BCUT2D eigenvalue weighted by Crippen LogP contribution is 2.09. The number of nitrogens with one attached hydrogen (secondary N) is 2. The maximum atomic E-state index is 12.0. The van der Waals surface area contributed by atoms with Crippen LogP contribution in [-0.4, -0.2) is 35.2 Å². The van der Waals surface area contributed by atoms with Gasteiger partial charge in [0.15, 0.2) is 6.33 Å². The van der Waals surface area contributed by atoms with Gasteiger partial charge in [0.25, 0.3) is 0 Å². The number of carbonyl (C=O) groups is 1. The molecule has 0 saturated carbocycles. The van der Waals surface area contributed by atoms with E-state index in [-0.39, 0.29) is 11.9 Å². The summed E-state index contributed by atoms with van der Waals surface area (Å²) >= 11 is 0. The first kappa shape index (κ1) is 13.0. The third-order valence-electron chi connectivity index (χ3n) is 3.17. The molecule has 1 aliphatic heterocycles. The van der Waals surface area contributed by atoms with Crippen molar-refractivity contribution in [3.05, 3.63) is 12.2 Å². The summed E-state index contributed by atoms with van der Waals surface area (Å²) in [5.41, 5.74) is 0. The van der Waals surface area contributed by atoms with Crippen LogP contribution in [0.5, 0.6) is 0 Å². The molecule has 2 rings (SSSR count). The molecule has 0 radical (unpaired) electrons. The van der Waals surface area contributed by atoms with Gasteiger partial charge in [-0.2, -0.15) is 4.98 Å². The van der Waals surface area contributed by atoms with E-state index < -0.39 is 0 Å². The van der Waals surface area contributed by atoms with Gasteiger partial charge in [0, 0.05) is 13.0 Å². The molecule has 0 spiro atoms. The quantitative estimate of drug-likeness (QED) is 0.822. The van der Waals surface area contributed by atoms with E-state index in [1.807, 2.05) is 0 Å². The first-order valence-electron chi connectivity index (χ1n) is 6.63. The second-order valence-electron chi connectivity index (χ2n) is 4.59. The molecule has 1 aromatic rings. The molecule has 1 saturated heterocycles. The largest absolute Gasteiger partial charge is 0.354 e. The fraction of sp³-hybridized carbons (Fsp3) is 0.750. The highest BCUT2D eigenvalue weighted by atomic mass is 16.5.